The van der Waals surface area contributed by atoms with Crippen LogP contribution in [0.15, 0.2) is 47.4 Å². The largest absolute Gasteiger partial charge is 0.416 e. The summed E-state index contributed by atoms with van der Waals surface area (Å²) in [6.07, 6.45) is -3.21. The van der Waals surface area contributed by atoms with Crippen LogP contribution in [0.5, 0.6) is 0 Å². The van der Waals surface area contributed by atoms with Crippen molar-refractivity contribution in [3.8, 4) is 0 Å². The Balaban J connectivity index is 1.88. The second kappa shape index (κ2) is 6.74. The molecule has 0 amide bonds. The van der Waals surface area contributed by atoms with Crippen LogP contribution >= 0.6 is 0 Å². The summed E-state index contributed by atoms with van der Waals surface area (Å²) in [4.78, 5) is 9.68. The number of nitro benzene ring substituents is 1. The fourth-order valence-corrected chi connectivity index (χ4v) is 3.75. The molecule has 0 aliphatic heterocycles. The monoisotopic (exact) mass is 415 g/mol. The quantitative estimate of drug-likeness (QED) is 0.554. The first-order valence-electron chi connectivity index (χ1n) is 8.15. The highest BCUT2D eigenvalue weighted by Crippen LogP contribution is 2.49. The van der Waals surface area contributed by atoms with Gasteiger partial charge in [-0.25, -0.2) is 13.6 Å². The van der Waals surface area contributed by atoms with Gasteiger partial charge in [0.2, 0.25) is 10.0 Å². The van der Waals surface area contributed by atoms with Gasteiger partial charge in [-0.3, -0.25) is 10.1 Å². The Hall–Kier alpha value is -2.66. The average Bonchev–Trinajstić information content (AvgIpc) is 3.39. The van der Waals surface area contributed by atoms with Crippen molar-refractivity contribution in [2.45, 2.75) is 29.3 Å². The third-order valence-electron chi connectivity index (χ3n) is 4.76. The van der Waals surface area contributed by atoms with Crippen molar-refractivity contribution >= 4 is 21.4 Å². The van der Waals surface area contributed by atoms with Gasteiger partial charge in [0.25, 0.3) is 5.69 Å². The number of sulfonamides is 1. The van der Waals surface area contributed by atoms with E-state index in [0.717, 1.165) is 24.3 Å². The Kier molecular flexibility index (Phi) is 4.84. The number of hydrogen-bond acceptors (Lipinski definition) is 5. The van der Waals surface area contributed by atoms with Gasteiger partial charge in [-0.05, 0) is 30.5 Å². The molecule has 0 spiro atoms. The molecule has 0 aromatic heterocycles. The van der Waals surface area contributed by atoms with Crippen molar-refractivity contribution in [3.05, 3.63) is 63.7 Å². The van der Waals surface area contributed by atoms with Gasteiger partial charge in [0.05, 0.1) is 16.2 Å². The zero-order valence-corrected chi connectivity index (χ0v) is 15.2. The standard InChI is InChI=1S/C17H16F3N3O4S/c18-17(19,20)12-3-1-2-11(8-12)16(6-7-16)10-22-14-5-4-13(23(24)25)9-15(14)28(21,26)27/h1-5,8-9,22H,6-7,10H2,(H2,21,26,27). The number of rotatable bonds is 6. The zero-order valence-electron chi connectivity index (χ0n) is 14.4. The van der Waals surface area contributed by atoms with E-state index in [1.54, 1.807) is 6.07 Å². The molecule has 0 radical (unpaired) electrons. The predicted molar refractivity (Wildman–Crippen MR) is 95.3 cm³/mol. The van der Waals surface area contributed by atoms with Crippen LogP contribution in [-0.4, -0.2) is 19.9 Å². The molecule has 7 nitrogen and oxygen atoms in total. The summed E-state index contributed by atoms with van der Waals surface area (Å²) >= 11 is 0. The molecule has 1 fully saturated rings. The van der Waals surface area contributed by atoms with Crippen LogP contribution < -0.4 is 10.5 Å². The number of nitrogens with zero attached hydrogens (tertiary/aromatic N) is 1. The Morgan fingerprint density at radius 3 is 2.39 bits per heavy atom. The topological polar surface area (TPSA) is 115 Å². The zero-order chi connectivity index (χ0) is 20.7. The Bertz CT molecular complexity index is 1030. The molecule has 2 aromatic carbocycles. The number of hydrogen-bond donors (Lipinski definition) is 2. The van der Waals surface area contributed by atoms with Crippen LogP contribution in [0.2, 0.25) is 0 Å². The Morgan fingerprint density at radius 1 is 1.18 bits per heavy atom. The van der Waals surface area contributed by atoms with Crippen molar-refractivity contribution in [2.24, 2.45) is 5.14 Å². The average molecular weight is 415 g/mol. The van der Waals surface area contributed by atoms with Gasteiger partial charge in [0.15, 0.2) is 0 Å². The van der Waals surface area contributed by atoms with Gasteiger partial charge in [0, 0.05) is 24.1 Å². The lowest BCUT2D eigenvalue weighted by Gasteiger charge is -2.20. The van der Waals surface area contributed by atoms with Gasteiger partial charge in [-0.15, -0.1) is 0 Å². The lowest BCUT2D eigenvalue weighted by atomic mass is 9.94. The van der Waals surface area contributed by atoms with Gasteiger partial charge in [0.1, 0.15) is 4.90 Å². The molecule has 150 valence electrons. The molecule has 28 heavy (non-hydrogen) atoms. The SMILES string of the molecule is NS(=O)(=O)c1cc([N+](=O)[O-])ccc1NCC1(c2cccc(C(F)(F)F)c2)CC1. The summed E-state index contributed by atoms with van der Waals surface area (Å²) in [5, 5.41) is 18.9. The van der Waals surface area contributed by atoms with Crippen LogP contribution in [-0.2, 0) is 21.6 Å². The molecule has 3 rings (SSSR count). The number of anilines is 1. The lowest BCUT2D eigenvalue weighted by molar-refractivity contribution is -0.385. The molecule has 1 aliphatic carbocycles. The maximum atomic E-state index is 13.0. The molecule has 0 bridgehead atoms. The van der Waals surface area contributed by atoms with Crippen LogP contribution in [0.4, 0.5) is 24.5 Å². The summed E-state index contributed by atoms with van der Waals surface area (Å²) in [5.41, 5.74) is -1.20. The van der Waals surface area contributed by atoms with Crippen molar-refractivity contribution in [3.63, 3.8) is 0 Å². The highest BCUT2D eigenvalue weighted by molar-refractivity contribution is 7.89. The minimum Gasteiger partial charge on any atom is -0.383 e. The summed E-state index contributed by atoms with van der Waals surface area (Å²) in [6, 6.07) is 8.20. The maximum Gasteiger partial charge on any atom is 0.416 e. The highest BCUT2D eigenvalue weighted by atomic mass is 32.2. The van der Waals surface area contributed by atoms with Gasteiger partial charge >= 0.3 is 6.18 Å². The summed E-state index contributed by atoms with van der Waals surface area (Å²) in [5.74, 6) is 0. The van der Waals surface area contributed by atoms with Crippen LogP contribution in [0.25, 0.3) is 0 Å². The fourth-order valence-electron chi connectivity index (χ4n) is 3.01. The number of alkyl halides is 3. The summed E-state index contributed by atoms with van der Waals surface area (Å²) in [7, 11) is -4.24. The molecule has 0 unspecified atom stereocenters. The fraction of sp³-hybridized carbons (Fsp3) is 0.294. The smallest absolute Gasteiger partial charge is 0.383 e. The van der Waals surface area contributed by atoms with Crippen molar-refractivity contribution in [2.75, 3.05) is 11.9 Å². The molecule has 0 heterocycles. The number of primary sulfonamides is 1. The van der Waals surface area contributed by atoms with Crippen molar-refractivity contribution < 1.29 is 26.5 Å². The van der Waals surface area contributed by atoms with E-state index in [4.69, 9.17) is 5.14 Å². The number of halogens is 3. The van der Waals surface area contributed by atoms with Gasteiger partial charge in [-0.1, -0.05) is 18.2 Å². The van der Waals surface area contributed by atoms with Crippen LogP contribution in [0, 0.1) is 10.1 Å². The van der Waals surface area contributed by atoms with Crippen LogP contribution in [0.1, 0.15) is 24.0 Å². The maximum absolute atomic E-state index is 13.0. The number of nitrogens with one attached hydrogen (secondary N) is 1. The number of benzene rings is 2. The third kappa shape index (κ3) is 4.09. The van der Waals surface area contributed by atoms with E-state index in [1.165, 1.54) is 12.1 Å². The Morgan fingerprint density at radius 2 is 1.86 bits per heavy atom. The van der Waals surface area contributed by atoms with E-state index in [2.05, 4.69) is 5.32 Å². The molecule has 0 atom stereocenters. The first kappa shape index (κ1) is 20.1. The third-order valence-corrected chi connectivity index (χ3v) is 5.71. The first-order chi connectivity index (χ1) is 12.9. The molecule has 1 aliphatic rings. The summed E-state index contributed by atoms with van der Waals surface area (Å²) < 4.78 is 62.5. The number of nitrogens with two attached hydrogens (primary N) is 1. The molecule has 2 aromatic rings. The van der Waals surface area contributed by atoms with Crippen molar-refractivity contribution in [1.82, 2.24) is 0 Å². The van der Waals surface area contributed by atoms with Gasteiger partial charge in [-0.2, -0.15) is 13.2 Å². The molecule has 3 N–H and O–H groups in total. The predicted octanol–water partition coefficient (Wildman–Crippen LogP) is 3.40. The van der Waals surface area contributed by atoms with Gasteiger partial charge < -0.3 is 5.32 Å². The van der Waals surface area contributed by atoms with Crippen molar-refractivity contribution in [1.29, 1.82) is 0 Å². The molecular weight excluding hydrogens is 399 g/mol. The molecular formula is C17H16F3N3O4S. The minimum absolute atomic E-state index is 0.0614. The summed E-state index contributed by atoms with van der Waals surface area (Å²) in [6.45, 7) is 0.161. The highest BCUT2D eigenvalue weighted by Gasteiger charge is 2.45. The van der Waals surface area contributed by atoms with E-state index in [9.17, 15) is 31.7 Å². The Labute approximate surface area is 158 Å². The van der Waals surface area contributed by atoms with E-state index in [-0.39, 0.29) is 12.2 Å². The molecule has 0 saturated heterocycles. The molecule has 1 saturated carbocycles. The second-order valence-electron chi connectivity index (χ2n) is 6.70. The number of non-ortho nitro benzene ring substituents is 1. The minimum atomic E-state index is -4.46. The lowest BCUT2D eigenvalue weighted by Crippen LogP contribution is -2.22. The van der Waals surface area contributed by atoms with Crippen LogP contribution in [0.3, 0.4) is 0 Å². The number of nitro groups is 1. The first-order valence-corrected chi connectivity index (χ1v) is 9.70. The molecule has 11 heteroatoms. The van der Waals surface area contributed by atoms with E-state index >= 15 is 0 Å². The normalized spacial score (nSPS) is 15.9. The van der Waals surface area contributed by atoms with E-state index < -0.39 is 42.7 Å². The van der Waals surface area contributed by atoms with E-state index in [0.29, 0.717) is 18.4 Å². The van der Waals surface area contributed by atoms with E-state index in [1.807, 2.05) is 0 Å². The second-order valence-corrected chi connectivity index (χ2v) is 8.22.